The molecule has 0 saturated heterocycles. The van der Waals surface area contributed by atoms with Gasteiger partial charge in [0, 0.05) is 22.9 Å². The number of alkyl halides is 2. The molecule has 0 spiro atoms. The molecule has 0 atom stereocenters. The third-order valence-corrected chi connectivity index (χ3v) is 4.50. The number of aryl methyl sites for hydroxylation is 2. The first kappa shape index (κ1) is 20.0. The zero-order valence-corrected chi connectivity index (χ0v) is 16.8. The van der Waals surface area contributed by atoms with E-state index in [2.05, 4.69) is 17.1 Å². The second kappa shape index (κ2) is 8.50. The standard InChI is InChI=1S/C21H18Cl2N2O3/c1-4-27-16-8-12(2)19(13(3)9-16)17-11-18(28-25-17)14-6-5-7-15(10-14)24-21(26)20(22)23/h4-11,20H,1H2,2-3H3,(H,24,26). The number of nitrogens with zero attached hydrogens (tertiary/aromatic N) is 1. The van der Waals surface area contributed by atoms with Gasteiger partial charge in [0.05, 0.1) is 6.26 Å². The summed E-state index contributed by atoms with van der Waals surface area (Å²) in [7, 11) is 0. The number of nitrogens with one attached hydrogen (secondary N) is 1. The summed E-state index contributed by atoms with van der Waals surface area (Å²) in [6, 6.07) is 12.9. The van der Waals surface area contributed by atoms with Gasteiger partial charge in [0.1, 0.15) is 11.4 Å². The van der Waals surface area contributed by atoms with Crippen molar-refractivity contribution in [3.05, 3.63) is 66.4 Å². The number of anilines is 1. The van der Waals surface area contributed by atoms with Gasteiger partial charge in [-0.1, -0.05) is 47.1 Å². The molecule has 3 rings (SSSR count). The number of aromatic nitrogens is 1. The third-order valence-electron chi connectivity index (χ3n) is 4.10. The molecule has 0 aliphatic carbocycles. The van der Waals surface area contributed by atoms with E-state index in [0.29, 0.717) is 17.1 Å². The number of hydrogen-bond acceptors (Lipinski definition) is 4. The Morgan fingerprint density at radius 2 is 1.93 bits per heavy atom. The molecule has 0 unspecified atom stereocenters. The number of halogens is 2. The SMILES string of the molecule is C=COc1cc(C)c(-c2cc(-c3cccc(NC(=O)C(Cl)Cl)c3)on2)c(C)c1. The van der Waals surface area contributed by atoms with Crippen molar-refractivity contribution in [2.45, 2.75) is 18.7 Å². The number of ether oxygens (including phenoxy) is 1. The molecular formula is C21H18Cl2N2O3. The number of carbonyl (C=O) groups is 1. The van der Waals surface area contributed by atoms with E-state index >= 15 is 0 Å². The smallest absolute Gasteiger partial charge is 0.257 e. The van der Waals surface area contributed by atoms with Crippen molar-refractivity contribution in [3.8, 4) is 28.3 Å². The summed E-state index contributed by atoms with van der Waals surface area (Å²) in [5, 5.41) is 6.85. The highest BCUT2D eigenvalue weighted by atomic mass is 35.5. The zero-order chi connectivity index (χ0) is 20.3. The minimum Gasteiger partial charge on any atom is -0.466 e. The van der Waals surface area contributed by atoms with Crippen LogP contribution in [0.4, 0.5) is 5.69 Å². The van der Waals surface area contributed by atoms with Crippen LogP contribution in [-0.4, -0.2) is 15.9 Å². The van der Waals surface area contributed by atoms with Gasteiger partial charge in [-0.25, -0.2) is 0 Å². The molecule has 144 valence electrons. The Balaban J connectivity index is 1.91. The highest BCUT2D eigenvalue weighted by Gasteiger charge is 2.15. The van der Waals surface area contributed by atoms with Crippen LogP contribution < -0.4 is 10.1 Å². The maximum absolute atomic E-state index is 11.7. The van der Waals surface area contributed by atoms with Crippen LogP contribution in [0.15, 0.2) is 59.8 Å². The second-order valence-electron chi connectivity index (χ2n) is 6.16. The molecular weight excluding hydrogens is 399 g/mol. The van der Waals surface area contributed by atoms with Gasteiger partial charge in [0.2, 0.25) is 0 Å². The van der Waals surface area contributed by atoms with Crippen LogP contribution in [0.5, 0.6) is 5.75 Å². The molecule has 2 aromatic carbocycles. The van der Waals surface area contributed by atoms with Crippen LogP contribution in [0.2, 0.25) is 0 Å². The van der Waals surface area contributed by atoms with Crippen molar-refractivity contribution in [1.82, 2.24) is 5.16 Å². The highest BCUT2D eigenvalue weighted by molar-refractivity contribution is 6.54. The van der Waals surface area contributed by atoms with E-state index in [0.717, 1.165) is 28.0 Å². The number of amides is 1. The lowest BCUT2D eigenvalue weighted by Crippen LogP contribution is -2.18. The second-order valence-corrected chi connectivity index (χ2v) is 7.26. The molecule has 0 aliphatic heterocycles. The Morgan fingerprint density at radius 3 is 2.57 bits per heavy atom. The lowest BCUT2D eigenvalue weighted by atomic mass is 9.99. The minimum atomic E-state index is -1.14. The number of hydrogen-bond donors (Lipinski definition) is 1. The molecule has 0 saturated carbocycles. The fraction of sp³-hybridized carbons (Fsp3) is 0.143. The highest BCUT2D eigenvalue weighted by Crippen LogP contribution is 2.33. The predicted octanol–water partition coefficient (Wildman–Crippen LogP) is 5.89. The fourth-order valence-corrected chi connectivity index (χ4v) is 3.08. The molecule has 7 heteroatoms. The lowest BCUT2D eigenvalue weighted by molar-refractivity contribution is -0.114. The Hall–Kier alpha value is -2.76. The molecule has 1 heterocycles. The van der Waals surface area contributed by atoms with Crippen LogP contribution in [0.25, 0.3) is 22.6 Å². The van der Waals surface area contributed by atoms with E-state index in [1.165, 1.54) is 6.26 Å². The van der Waals surface area contributed by atoms with Gasteiger partial charge in [0.15, 0.2) is 10.6 Å². The van der Waals surface area contributed by atoms with Crippen molar-refractivity contribution < 1.29 is 14.1 Å². The van der Waals surface area contributed by atoms with Crippen LogP contribution in [-0.2, 0) is 4.79 Å². The van der Waals surface area contributed by atoms with Crippen LogP contribution in [0, 0.1) is 13.8 Å². The van der Waals surface area contributed by atoms with Crippen molar-refractivity contribution in [2.24, 2.45) is 0 Å². The Labute approximate surface area is 172 Å². The molecule has 28 heavy (non-hydrogen) atoms. The summed E-state index contributed by atoms with van der Waals surface area (Å²) in [4.78, 5) is 10.5. The summed E-state index contributed by atoms with van der Waals surface area (Å²) < 4.78 is 10.9. The molecule has 0 aliphatic rings. The van der Waals surface area contributed by atoms with Crippen molar-refractivity contribution in [3.63, 3.8) is 0 Å². The van der Waals surface area contributed by atoms with Crippen LogP contribution in [0.1, 0.15) is 11.1 Å². The number of benzene rings is 2. The number of carbonyl (C=O) groups excluding carboxylic acids is 1. The summed E-state index contributed by atoms with van der Waals surface area (Å²) in [5.41, 5.74) is 5.03. The molecule has 0 bridgehead atoms. The average molecular weight is 417 g/mol. The third kappa shape index (κ3) is 4.38. The molecule has 1 N–H and O–H groups in total. The van der Waals surface area contributed by atoms with E-state index in [4.69, 9.17) is 32.5 Å². The summed E-state index contributed by atoms with van der Waals surface area (Å²) in [5.74, 6) is 0.800. The van der Waals surface area contributed by atoms with Gasteiger partial charge in [-0.05, 0) is 49.2 Å². The zero-order valence-electron chi connectivity index (χ0n) is 15.3. The molecule has 0 radical (unpaired) electrons. The van der Waals surface area contributed by atoms with Gasteiger partial charge in [-0.15, -0.1) is 0 Å². The summed E-state index contributed by atoms with van der Waals surface area (Å²) >= 11 is 11.2. The molecule has 1 aromatic heterocycles. The van der Waals surface area contributed by atoms with Crippen molar-refractivity contribution in [1.29, 1.82) is 0 Å². The maximum Gasteiger partial charge on any atom is 0.257 e. The Morgan fingerprint density at radius 1 is 1.21 bits per heavy atom. The van der Waals surface area contributed by atoms with Crippen LogP contribution >= 0.6 is 23.2 Å². The monoisotopic (exact) mass is 416 g/mol. The fourth-order valence-electron chi connectivity index (χ4n) is 2.97. The van der Waals surface area contributed by atoms with Gasteiger partial charge in [-0.3, -0.25) is 4.79 Å². The molecule has 0 fully saturated rings. The molecule has 5 nitrogen and oxygen atoms in total. The molecule has 1 amide bonds. The van der Waals surface area contributed by atoms with Gasteiger partial charge in [-0.2, -0.15) is 0 Å². The maximum atomic E-state index is 11.7. The van der Waals surface area contributed by atoms with E-state index in [9.17, 15) is 4.79 Å². The largest absolute Gasteiger partial charge is 0.466 e. The van der Waals surface area contributed by atoms with Crippen molar-refractivity contribution >= 4 is 34.8 Å². The minimum absolute atomic E-state index is 0.494. The quantitative estimate of drug-likeness (QED) is 0.401. The van der Waals surface area contributed by atoms with Gasteiger partial charge in [0.25, 0.3) is 5.91 Å². The Bertz CT molecular complexity index is 1000. The lowest BCUT2D eigenvalue weighted by Gasteiger charge is -2.09. The Kier molecular flexibility index (Phi) is 6.07. The predicted molar refractivity (Wildman–Crippen MR) is 112 cm³/mol. The number of rotatable bonds is 6. The van der Waals surface area contributed by atoms with E-state index in [1.54, 1.807) is 18.2 Å². The van der Waals surface area contributed by atoms with Crippen molar-refractivity contribution in [2.75, 3.05) is 5.32 Å². The van der Waals surface area contributed by atoms with E-state index in [-0.39, 0.29) is 0 Å². The summed E-state index contributed by atoms with van der Waals surface area (Å²) in [6.45, 7) is 7.54. The first-order valence-electron chi connectivity index (χ1n) is 8.44. The first-order chi connectivity index (χ1) is 13.4. The van der Waals surface area contributed by atoms with Crippen LogP contribution in [0.3, 0.4) is 0 Å². The van der Waals surface area contributed by atoms with E-state index < -0.39 is 10.7 Å². The van der Waals surface area contributed by atoms with E-state index in [1.807, 2.05) is 38.1 Å². The normalized spacial score (nSPS) is 10.8. The topological polar surface area (TPSA) is 64.4 Å². The van der Waals surface area contributed by atoms with Gasteiger partial charge >= 0.3 is 0 Å². The average Bonchev–Trinajstić information content (AvgIpc) is 3.11. The van der Waals surface area contributed by atoms with Gasteiger partial charge < -0.3 is 14.6 Å². The summed E-state index contributed by atoms with van der Waals surface area (Å²) in [6.07, 6.45) is 1.39. The molecule has 3 aromatic rings. The first-order valence-corrected chi connectivity index (χ1v) is 9.31.